The number of H-pyrrole nitrogens is 1. The average Bonchev–Trinajstić information content (AvgIpc) is 2.93. The molecule has 0 aliphatic rings. The summed E-state index contributed by atoms with van der Waals surface area (Å²) in [6, 6.07) is 7.57. The van der Waals surface area contributed by atoms with Crippen molar-refractivity contribution in [2.45, 2.75) is 26.9 Å². The second-order valence-electron chi connectivity index (χ2n) is 6.21. The molecule has 2 heterocycles. The maximum atomic E-state index is 12.5. The largest absolute Gasteiger partial charge is 0.462 e. The van der Waals surface area contributed by atoms with Crippen molar-refractivity contribution >= 4 is 28.7 Å². The van der Waals surface area contributed by atoms with Gasteiger partial charge in [0.25, 0.3) is 5.56 Å². The summed E-state index contributed by atoms with van der Waals surface area (Å²) in [5.74, 6) is 0.152. The molecule has 0 radical (unpaired) electrons. The van der Waals surface area contributed by atoms with Gasteiger partial charge in [0.05, 0.1) is 13.2 Å². The Morgan fingerprint density at radius 1 is 1.33 bits per heavy atom. The van der Waals surface area contributed by atoms with Crippen molar-refractivity contribution < 1.29 is 13.9 Å². The van der Waals surface area contributed by atoms with E-state index < -0.39 is 11.5 Å². The van der Waals surface area contributed by atoms with Gasteiger partial charge in [0, 0.05) is 11.6 Å². The minimum Gasteiger partial charge on any atom is -0.462 e. The molecule has 0 spiro atoms. The van der Waals surface area contributed by atoms with Crippen molar-refractivity contribution in [1.29, 1.82) is 0 Å². The molecule has 1 N–H and O–H groups in total. The van der Waals surface area contributed by atoms with Crippen LogP contribution in [0.5, 0.6) is 0 Å². The van der Waals surface area contributed by atoms with E-state index in [2.05, 4.69) is 9.97 Å². The Morgan fingerprint density at radius 3 is 2.78 bits per heavy atom. The summed E-state index contributed by atoms with van der Waals surface area (Å²) in [5, 5.41) is 0.797. The number of rotatable bonds is 6. The second-order valence-corrected chi connectivity index (χ2v) is 6.62. The third-order valence-electron chi connectivity index (χ3n) is 4.08. The number of hydrogen-bond donors (Lipinski definition) is 1. The highest BCUT2D eigenvalue weighted by atomic mass is 35.5. The number of esters is 1. The van der Waals surface area contributed by atoms with Gasteiger partial charge in [0.2, 0.25) is 5.71 Å². The van der Waals surface area contributed by atoms with Crippen molar-refractivity contribution in [3.05, 3.63) is 62.4 Å². The molecule has 1 aromatic carbocycles. The van der Waals surface area contributed by atoms with Gasteiger partial charge in [-0.05, 0) is 32.5 Å². The summed E-state index contributed by atoms with van der Waals surface area (Å²) >= 11 is 6.19. The lowest BCUT2D eigenvalue weighted by Gasteiger charge is -2.16. The van der Waals surface area contributed by atoms with E-state index in [1.807, 2.05) is 36.2 Å². The Labute approximate surface area is 160 Å². The van der Waals surface area contributed by atoms with Crippen molar-refractivity contribution in [3.8, 4) is 0 Å². The first-order chi connectivity index (χ1) is 12.9. The number of carbonyl (C=O) groups excluding carboxylic acids is 1. The summed E-state index contributed by atoms with van der Waals surface area (Å²) in [4.78, 5) is 33.7. The van der Waals surface area contributed by atoms with Gasteiger partial charge in [-0.2, -0.15) is 4.98 Å². The van der Waals surface area contributed by atoms with Gasteiger partial charge in [0.15, 0.2) is 0 Å². The third-order valence-corrected chi connectivity index (χ3v) is 4.45. The number of halogens is 1. The Hall–Kier alpha value is -2.64. The van der Waals surface area contributed by atoms with Gasteiger partial charge in [0.1, 0.15) is 22.5 Å². The smallest absolute Gasteiger partial charge is 0.342 e. The minimum absolute atomic E-state index is 0.114. The van der Waals surface area contributed by atoms with Crippen LogP contribution < -0.4 is 5.56 Å². The van der Waals surface area contributed by atoms with Crippen LogP contribution in [0, 0.1) is 6.92 Å². The number of hydrogen-bond acceptors (Lipinski definition) is 6. The van der Waals surface area contributed by atoms with Crippen molar-refractivity contribution in [1.82, 2.24) is 14.9 Å². The van der Waals surface area contributed by atoms with Crippen LogP contribution in [-0.4, -0.2) is 34.5 Å². The zero-order valence-electron chi connectivity index (χ0n) is 15.3. The van der Waals surface area contributed by atoms with E-state index in [9.17, 15) is 9.59 Å². The molecule has 27 heavy (non-hydrogen) atoms. The van der Waals surface area contributed by atoms with Crippen LogP contribution in [0.3, 0.4) is 0 Å². The first kappa shape index (κ1) is 19.1. The van der Waals surface area contributed by atoms with Gasteiger partial charge in [-0.1, -0.05) is 29.8 Å². The molecule has 0 bridgehead atoms. The number of carbonyl (C=O) groups is 1. The van der Waals surface area contributed by atoms with Crippen LogP contribution in [0.25, 0.3) is 11.1 Å². The Bertz CT molecular complexity index is 1040. The van der Waals surface area contributed by atoms with Crippen LogP contribution in [0.4, 0.5) is 0 Å². The van der Waals surface area contributed by atoms with Crippen molar-refractivity contribution in [3.63, 3.8) is 0 Å². The maximum Gasteiger partial charge on any atom is 0.342 e. The first-order valence-corrected chi connectivity index (χ1v) is 8.89. The Morgan fingerprint density at radius 2 is 2.07 bits per heavy atom. The summed E-state index contributed by atoms with van der Waals surface area (Å²) in [7, 11) is 1.89. The van der Waals surface area contributed by atoms with Crippen LogP contribution in [-0.2, 0) is 17.8 Å². The topological polar surface area (TPSA) is 88.4 Å². The molecule has 0 aliphatic heterocycles. The number of aromatic nitrogens is 2. The van der Waals surface area contributed by atoms with E-state index in [-0.39, 0.29) is 23.3 Å². The zero-order chi connectivity index (χ0) is 19.6. The minimum atomic E-state index is -0.593. The number of nitrogens with zero attached hydrogens (tertiary/aromatic N) is 2. The maximum absolute atomic E-state index is 12.5. The lowest BCUT2D eigenvalue weighted by molar-refractivity contribution is 0.0526. The van der Waals surface area contributed by atoms with Gasteiger partial charge in [-0.3, -0.25) is 9.69 Å². The molecule has 8 heteroatoms. The predicted molar refractivity (Wildman–Crippen MR) is 102 cm³/mol. The molecular formula is C19H20ClN3O4. The number of benzene rings is 1. The first-order valence-electron chi connectivity index (χ1n) is 8.52. The lowest BCUT2D eigenvalue weighted by Crippen LogP contribution is -2.22. The number of aryl methyl sites for hydroxylation is 1. The van der Waals surface area contributed by atoms with Crippen molar-refractivity contribution in [2.24, 2.45) is 0 Å². The molecule has 0 aliphatic carbocycles. The van der Waals surface area contributed by atoms with Gasteiger partial charge < -0.3 is 14.1 Å². The normalized spacial score (nSPS) is 11.3. The highest BCUT2D eigenvalue weighted by Gasteiger charge is 2.23. The second kappa shape index (κ2) is 7.94. The third kappa shape index (κ3) is 4.04. The monoisotopic (exact) mass is 389 g/mol. The molecule has 0 saturated carbocycles. The zero-order valence-corrected chi connectivity index (χ0v) is 16.1. The lowest BCUT2D eigenvalue weighted by atomic mass is 10.2. The van der Waals surface area contributed by atoms with Crippen molar-refractivity contribution in [2.75, 3.05) is 13.7 Å². The summed E-state index contributed by atoms with van der Waals surface area (Å²) in [6.45, 7) is 4.49. The number of fused-ring (bicyclic) bond motifs is 1. The van der Waals surface area contributed by atoms with E-state index >= 15 is 0 Å². The molecule has 142 valence electrons. The van der Waals surface area contributed by atoms with Crippen LogP contribution >= 0.6 is 11.6 Å². The van der Waals surface area contributed by atoms with Gasteiger partial charge >= 0.3 is 5.97 Å². The van der Waals surface area contributed by atoms with E-state index in [0.29, 0.717) is 29.7 Å². The van der Waals surface area contributed by atoms with E-state index in [4.69, 9.17) is 20.8 Å². The molecule has 0 atom stereocenters. The van der Waals surface area contributed by atoms with E-state index in [1.54, 1.807) is 13.8 Å². The highest BCUT2D eigenvalue weighted by molar-refractivity contribution is 6.31. The van der Waals surface area contributed by atoms with Gasteiger partial charge in [-0.25, -0.2) is 4.79 Å². The van der Waals surface area contributed by atoms with Crippen LogP contribution in [0.15, 0.2) is 33.5 Å². The summed E-state index contributed by atoms with van der Waals surface area (Å²) in [6.07, 6.45) is 0. The summed E-state index contributed by atoms with van der Waals surface area (Å²) < 4.78 is 10.5. The molecule has 3 rings (SSSR count). The average molecular weight is 390 g/mol. The predicted octanol–water partition coefficient (Wildman–Crippen LogP) is 3.29. The number of ether oxygens (including phenoxy) is 1. The van der Waals surface area contributed by atoms with Crippen LogP contribution in [0.2, 0.25) is 5.02 Å². The standard InChI is InChI=1S/C19H20ClN3O4/c1-4-26-19(25)15-11(2)27-18-16(15)17(24)21-14(22-18)10-23(3)9-12-7-5-6-8-13(12)20/h5-8H,4,9-10H2,1-3H3,(H,21,22,24). The van der Waals surface area contributed by atoms with E-state index in [0.717, 1.165) is 5.56 Å². The molecular weight excluding hydrogens is 370 g/mol. The fraction of sp³-hybridized carbons (Fsp3) is 0.316. The summed E-state index contributed by atoms with van der Waals surface area (Å²) in [5.41, 5.74) is 0.793. The molecule has 0 amide bonds. The van der Waals surface area contributed by atoms with Gasteiger partial charge in [-0.15, -0.1) is 0 Å². The number of nitrogens with one attached hydrogen (secondary N) is 1. The Balaban J connectivity index is 1.87. The quantitative estimate of drug-likeness (QED) is 0.651. The molecule has 7 nitrogen and oxygen atoms in total. The molecule has 2 aromatic heterocycles. The Kier molecular flexibility index (Phi) is 5.62. The molecule has 0 unspecified atom stereocenters. The van der Waals surface area contributed by atoms with Crippen LogP contribution in [0.1, 0.15) is 34.4 Å². The highest BCUT2D eigenvalue weighted by Crippen LogP contribution is 2.22. The fourth-order valence-electron chi connectivity index (χ4n) is 2.92. The fourth-order valence-corrected chi connectivity index (χ4v) is 3.11. The molecule has 0 saturated heterocycles. The molecule has 3 aromatic rings. The number of furan rings is 1. The van der Waals surface area contributed by atoms with E-state index in [1.165, 1.54) is 0 Å². The SMILES string of the molecule is CCOC(=O)c1c(C)oc2nc(CN(C)Cc3ccccc3Cl)[nH]c(=O)c12. The number of aromatic amines is 1. The molecule has 0 fully saturated rings.